The largest absolute Gasteiger partial charge is 0.433 e. The summed E-state index contributed by atoms with van der Waals surface area (Å²) in [6, 6.07) is 0. The molecule has 5 nitrogen and oxygen atoms in total. The summed E-state index contributed by atoms with van der Waals surface area (Å²) in [5.41, 5.74) is -0.246. The molecule has 3 unspecified atom stereocenters. The molecule has 0 aromatic heterocycles. The van der Waals surface area contributed by atoms with Crippen molar-refractivity contribution in [1.82, 2.24) is 4.67 Å². The van der Waals surface area contributed by atoms with Gasteiger partial charge in [0.2, 0.25) is 0 Å². The highest BCUT2D eigenvalue weighted by Crippen LogP contribution is 2.65. The van der Waals surface area contributed by atoms with Crippen molar-refractivity contribution in [2.45, 2.75) is 44.8 Å². The first-order valence-corrected chi connectivity index (χ1v) is 10.6. The predicted octanol–water partition coefficient (Wildman–Crippen LogP) is 4.19. The highest BCUT2D eigenvalue weighted by molar-refractivity contribution is 8.56. The zero-order valence-electron chi connectivity index (χ0n) is 11.8. The molecule has 0 aliphatic carbocycles. The van der Waals surface area contributed by atoms with Crippen LogP contribution in [0.25, 0.3) is 0 Å². The van der Waals surface area contributed by atoms with Crippen LogP contribution in [0.4, 0.5) is 4.79 Å². The summed E-state index contributed by atoms with van der Waals surface area (Å²) in [5, 5.41) is 0.170. The number of hydrogen-bond acceptors (Lipinski definition) is 6. The second-order valence-electron chi connectivity index (χ2n) is 4.06. The Labute approximate surface area is 123 Å². The van der Waals surface area contributed by atoms with E-state index in [2.05, 4.69) is 0 Å². The minimum atomic E-state index is -3.19. The van der Waals surface area contributed by atoms with Crippen molar-refractivity contribution in [1.29, 1.82) is 0 Å². The number of nitrogens with zero attached hydrogens (tertiary/aromatic N) is 1. The molecule has 1 saturated heterocycles. The molecule has 19 heavy (non-hydrogen) atoms. The Kier molecular flexibility index (Phi) is 7.08. The zero-order chi connectivity index (χ0) is 14.5. The maximum Gasteiger partial charge on any atom is 0.418 e. The first kappa shape index (κ1) is 17.2. The molecule has 8 heteroatoms. The number of amides is 1. The van der Waals surface area contributed by atoms with Crippen molar-refractivity contribution in [3.8, 4) is 0 Å². The van der Waals surface area contributed by atoms with Gasteiger partial charge in [-0.25, -0.2) is 9.46 Å². The van der Waals surface area contributed by atoms with Crippen molar-refractivity contribution in [2.24, 2.45) is 0 Å². The van der Waals surface area contributed by atoms with Gasteiger partial charge < -0.3 is 9.26 Å². The molecule has 1 heterocycles. The number of ether oxygens (including phenoxy) is 1. The van der Waals surface area contributed by atoms with E-state index in [1.54, 1.807) is 6.92 Å². The average molecular weight is 327 g/mol. The van der Waals surface area contributed by atoms with E-state index in [9.17, 15) is 9.36 Å². The van der Waals surface area contributed by atoms with Gasteiger partial charge in [-0.3, -0.25) is 4.57 Å². The molecule has 3 atom stereocenters. The fourth-order valence-corrected chi connectivity index (χ4v) is 7.30. The highest BCUT2D eigenvalue weighted by Gasteiger charge is 2.45. The van der Waals surface area contributed by atoms with Crippen molar-refractivity contribution < 1.29 is 18.6 Å². The third kappa shape index (κ3) is 4.59. The minimum Gasteiger partial charge on any atom is -0.433 e. The lowest BCUT2D eigenvalue weighted by Gasteiger charge is -2.26. The van der Waals surface area contributed by atoms with Gasteiger partial charge in [-0.1, -0.05) is 20.8 Å². The summed E-state index contributed by atoms with van der Waals surface area (Å²) in [7, 11) is 0. The van der Waals surface area contributed by atoms with E-state index in [0.29, 0.717) is 13.2 Å². The molecule has 0 radical (unpaired) electrons. The molecule has 0 saturated carbocycles. The standard InChI is InChI=1S/C11H22NO4PS2/c1-5-9(4)19-17(14,15-6-2)12-8-10(18-7-3)16-11(12)13/h9-10H,5-8H2,1-4H3. The Morgan fingerprint density at radius 1 is 1.53 bits per heavy atom. The smallest absolute Gasteiger partial charge is 0.418 e. The molecule has 0 bridgehead atoms. The summed E-state index contributed by atoms with van der Waals surface area (Å²) >= 11 is 2.78. The quantitative estimate of drug-likeness (QED) is 0.623. The summed E-state index contributed by atoms with van der Waals surface area (Å²) in [4.78, 5) is 11.9. The van der Waals surface area contributed by atoms with Crippen LogP contribution in [0.5, 0.6) is 0 Å². The molecular weight excluding hydrogens is 305 g/mol. The Balaban J connectivity index is 2.81. The van der Waals surface area contributed by atoms with Crippen LogP contribution >= 0.6 is 29.9 Å². The van der Waals surface area contributed by atoms with E-state index in [1.165, 1.54) is 27.8 Å². The minimum absolute atomic E-state index is 0.170. The summed E-state index contributed by atoms with van der Waals surface area (Å²) < 4.78 is 24.8. The summed E-state index contributed by atoms with van der Waals surface area (Å²) in [6.07, 6.45) is 0.344. The van der Waals surface area contributed by atoms with E-state index in [1.807, 2.05) is 20.8 Å². The number of carbonyl (C=O) groups is 1. The monoisotopic (exact) mass is 327 g/mol. The molecule has 1 aliphatic heterocycles. The topological polar surface area (TPSA) is 55.8 Å². The maximum absolute atomic E-state index is 12.9. The van der Waals surface area contributed by atoms with Crippen LogP contribution in [0, 0.1) is 0 Å². The molecule has 0 aromatic rings. The van der Waals surface area contributed by atoms with E-state index < -0.39 is 12.8 Å². The summed E-state index contributed by atoms with van der Waals surface area (Å²) in [6.45, 7) is 5.23. The van der Waals surface area contributed by atoms with Crippen molar-refractivity contribution >= 4 is 36.0 Å². The van der Waals surface area contributed by atoms with Gasteiger partial charge >= 0.3 is 12.8 Å². The third-order valence-electron chi connectivity index (χ3n) is 2.59. The first-order chi connectivity index (χ1) is 8.96. The van der Waals surface area contributed by atoms with Crippen LogP contribution in [0.1, 0.15) is 34.1 Å². The number of cyclic esters (lactones) is 1. The molecule has 1 rings (SSSR count). The molecule has 1 fully saturated rings. The van der Waals surface area contributed by atoms with Gasteiger partial charge in [-0.05, 0) is 30.5 Å². The summed E-state index contributed by atoms with van der Waals surface area (Å²) in [5.74, 6) is 0.850. The predicted molar refractivity (Wildman–Crippen MR) is 81.7 cm³/mol. The number of carbonyl (C=O) groups excluding carboxylic acids is 1. The van der Waals surface area contributed by atoms with Gasteiger partial charge in [0.05, 0.1) is 13.2 Å². The Bertz CT molecular complexity index is 356. The van der Waals surface area contributed by atoms with Gasteiger partial charge in [0.1, 0.15) is 0 Å². The van der Waals surface area contributed by atoms with Gasteiger partial charge in [0.15, 0.2) is 5.44 Å². The number of hydrogen-bond donors (Lipinski definition) is 0. The van der Waals surface area contributed by atoms with Gasteiger partial charge in [0, 0.05) is 5.25 Å². The maximum atomic E-state index is 12.9. The molecule has 0 N–H and O–H groups in total. The lowest BCUT2D eigenvalue weighted by atomic mass is 10.4. The molecule has 1 amide bonds. The normalized spacial score (nSPS) is 24.1. The zero-order valence-corrected chi connectivity index (χ0v) is 14.4. The lowest BCUT2D eigenvalue weighted by molar-refractivity contribution is 0.161. The second kappa shape index (κ2) is 7.81. The highest BCUT2D eigenvalue weighted by atomic mass is 32.7. The first-order valence-electron chi connectivity index (χ1n) is 6.50. The molecule has 0 spiro atoms. The molecule has 112 valence electrons. The lowest BCUT2D eigenvalue weighted by Crippen LogP contribution is -2.22. The molecular formula is C11H22NO4PS2. The van der Waals surface area contributed by atoms with E-state index in [0.717, 1.165) is 12.2 Å². The van der Waals surface area contributed by atoms with Gasteiger partial charge in [-0.15, -0.1) is 11.8 Å². The van der Waals surface area contributed by atoms with Crippen molar-refractivity contribution in [3.05, 3.63) is 0 Å². The van der Waals surface area contributed by atoms with Crippen LogP contribution in [0.3, 0.4) is 0 Å². The SMILES string of the molecule is CCOP(=O)(SC(C)CC)N1CC(SCC)OC1=O. The fraction of sp³-hybridized carbons (Fsp3) is 0.909. The van der Waals surface area contributed by atoms with Crippen LogP contribution in [-0.4, -0.2) is 40.4 Å². The van der Waals surface area contributed by atoms with Crippen LogP contribution < -0.4 is 0 Å². The number of thioether (sulfide) groups is 1. The Hall–Kier alpha value is 0.160. The number of rotatable bonds is 8. The second-order valence-corrected chi connectivity index (χ2v) is 10.2. The fourth-order valence-electron chi connectivity index (χ4n) is 1.52. The molecule has 0 aromatic carbocycles. The Morgan fingerprint density at radius 3 is 2.74 bits per heavy atom. The third-order valence-corrected chi connectivity index (χ3v) is 8.79. The molecule has 1 aliphatic rings. The van der Waals surface area contributed by atoms with Crippen molar-refractivity contribution in [3.63, 3.8) is 0 Å². The van der Waals surface area contributed by atoms with Gasteiger partial charge in [-0.2, -0.15) is 0 Å². The Morgan fingerprint density at radius 2 is 2.21 bits per heavy atom. The van der Waals surface area contributed by atoms with Crippen LogP contribution in [-0.2, 0) is 13.8 Å². The van der Waals surface area contributed by atoms with E-state index in [-0.39, 0.29) is 10.7 Å². The average Bonchev–Trinajstić information content (AvgIpc) is 2.71. The van der Waals surface area contributed by atoms with E-state index in [4.69, 9.17) is 9.26 Å². The van der Waals surface area contributed by atoms with Crippen LogP contribution in [0.2, 0.25) is 0 Å². The van der Waals surface area contributed by atoms with Crippen LogP contribution in [0.15, 0.2) is 0 Å². The van der Waals surface area contributed by atoms with Crippen molar-refractivity contribution in [2.75, 3.05) is 18.9 Å². The van der Waals surface area contributed by atoms with Gasteiger partial charge in [0.25, 0.3) is 0 Å². The van der Waals surface area contributed by atoms with E-state index >= 15 is 0 Å².